The summed E-state index contributed by atoms with van der Waals surface area (Å²) in [5.74, 6) is 0.439. The second-order valence-electron chi connectivity index (χ2n) is 6.94. The Bertz CT molecular complexity index is 1360. The predicted molar refractivity (Wildman–Crippen MR) is 113 cm³/mol. The quantitative estimate of drug-likeness (QED) is 0.405. The van der Waals surface area contributed by atoms with Crippen molar-refractivity contribution in [3.8, 4) is 23.7 Å². The molecule has 0 fully saturated rings. The third-order valence-electron chi connectivity index (χ3n) is 4.35. The van der Waals surface area contributed by atoms with E-state index < -0.39 is 33.5 Å². The summed E-state index contributed by atoms with van der Waals surface area (Å²) in [4.78, 5) is 12.4. The molecule has 2 aromatic carbocycles. The Hall–Kier alpha value is -3.78. The minimum absolute atomic E-state index is 0.0584. The summed E-state index contributed by atoms with van der Waals surface area (Å²) < 4.78 is 83.2. The van der Waals surface area contributed by atoms with Gasteiger partial charge in [0, 0.05) is 12.1 Å². The van der Waals surface area contributed by atoms with Crippen LogP contribution in [-0.4, -0.2) is 20.6 Å². The maximum atomic E-state index is 14.3. The van der Waals surface area contributed by atoms with E-state index in [1.807, 2.05) is 4.72 Å². The van der Waals surface area contributed by atoms with Gasteiger partial charge in [0.25, 0.3) is 5.91 Å². The number of nitrogens with one attached hydrogen (secondary N) is 2. The van der Waals surface area contributed by atoms with Gasteiger partial charge in [-0.1, -0.05) is 18.1 Å². The number of terminal acetylenes is 1. The molecule has 0 atom stereocenters. The van der Waals surface area contributed by atoms with Crippen molar-refractivity contribution in [2.75, 3.05) is 11.0 Å². The maximum absolute atomic E-state index is 14.3. The number of rotatable bonds is 6. The Labute approximate surface area is 186 Å². The second-order valence-corrected chi connectivity index (χ2v) is 8.69. The Morgan fingerprint density at radius 3 is 2.52 bits per heavy atom. The van der Waals surface area contributed by atoms with Crippen molar-refractivity contribution in [1.29, 1.82) is 0 Å². The number of amides is 1. The fourth-order valence-corrected chi connectivity index (χ4v) is 3.48. The average Bonchev–Trinajstić information content (AvgIpc) is 3.22. The molecule has 1 amide bonds. The van der Waals surface area contributed by atoms with Crippen molar-refractivity contribution in [3.05, 3.63) is 76.8 Å². The minimum atomic E-state index is -4.53. The third-order valence-corrected chi connectivity index (χ3v) is 4.93. The first kappa shape index (κ1) is 23.9. The van der Waals surface area contributed by atoms with Crippen molar-refractivity contribution in [3.63, 3.8) is 0 Å². The minimum Gasteiger partial charge on any atom is -0.451 e. The number of hydrogen-bond acceptors (Lipinski definition) is 4. The number of alkyl halides is 3. The Morgan fingerprint density at radius 2 is 1.88 bits per heavy atom. The standard InChI is InChI=1S/C22H16F4N2O4S/c1-3-14-9-13(10-17(23)20(14)28-33(2,30)31)12-27-21(29)19-8-7-18(32-19)15-5-4-6-16(11-15)22(24,25)26/h1,4-11,28H,12H2,2H3,(H,27,29). The van der Waals surface area contributed by atoms with Gasteiger partial charge in [0.05, 0.1) is 23.1 Å². The van der Waals surface area contributed by atoms with Crippen LogP contribution in [0.2, 0.25) is 0 Å². The van der Waals surface area contributed by atoms with Crippen LogP contribution >= 0.6 is 0 Å². The highest BCUT2D eigenvalue weighted by atomic mass is 32.2. The zero-order valence-electron chi connectivity index (χ0n) is 17.0. The van der Waals surface area contributed by atoms with Gasteiger partial charge in [0.1, 0.15) is 11.6 Å². The molecular weight excluding hydrogens is 464 g/mol. The monoisotopic (exact) mass is 480 g/mol. The molecule has 172 valence electrons. The van der Waals surface area contributed by atoms with Crippen molar-refractivity contribution < 1.29 is 35.2 Å². The van der Waals surface area contributed by atoms with Gasteiger partial charge in [-0.05, 0) is 42.0 Å². The second kappa shape index (κ2) is 8.99. The fraction of sp³-hybridized carbons (Fsp3) is 0.136. The van der Waals surface area contributed by atoms with E-state index in [1.54, 1.807) is 0 Å². The molecule has 33 heavy (non-hydrogen) atoms. The lowest BCUT2D eigenvalue weighted by Gasteiger charge is -2.11. The molecule has 0 saturated carbocycles. The van der Waals surface area contributed by atoms with Crippen LogP contribution in [0.25, 0.3) is 11.3 Å². The summed E-state index contributed by atoms with van der Waals surface area (Å²) in [6.07, 6.45) is 1.64. The maximum Gasteiger partial charge on any atom is 0.416 e. The van der Waals surface area contributed by atoms with Crippen LogP contribution in [0.5, 0.6) is 0 Å². The zero-order chi connectivity index (χ0) is 24.4. The predicted octanol–water partition coefficient (Wildman–Crippen LogP) is 4.39. The largest absolute Gasteiger partial charge is 0.451 e. The number of furan rings is 1. The third kappa shape index (κ3) is 5.93. The number of sulfonamides is 1. The fourth-order valence-electron chi connectivity index (χ4n) is 2.90. The van der Waals surface area contributed by atoms with E-state index in [9.17, 15) is 30.8 Å². The van der Waals surface area contributed by atoms with Crippen LogP contribution in [-0.2, 0) is 22.7 Å². The molecule has 0 bridgehead atoms. The number of benzene rings is 2. The molecular formula is C22H16F4N2O4S. The van der Waals surface area contributed by atoms with E-state index in [0.717, 1.165) is 24.5 Å². The van der Waals surface area contributed by atoms with Crippen LogP contribution in [0.4, 0.5) is 23.2 Å². The number of carbonyl (C=O) groups is 1. The molecule has 0 unspecified atom stereocenters. The van der Waals surface area contributed by atoms with Crippen LogP contribution in [0.3, 0.4) is 0 Å². The van der Waals surface area contributed by atoms with E-state index in [0.29, 0.717) is 0 Å². The normalized spacial score (nSPS) is 11.6. The molecule has 0 spiro atoms. The molecule has 0 aliphatic rings. The number of halogens is 4. The summed E-state index contributed by atoms with van der Waals surface area (Å²) >= 11 is 0. The summed E-state index contributed by atoms with van der Waals surface area (Å²) in [6.45, 7) is -0.177. The number of anilines is 1. The van der Waals surface area contributed by atoms with Gasteiger partial charge in [0.15, 0.2) is 5.76 Å². The molecule has 3 aromatic rings. The Balaban J connectivity index is 1.75. The molecule has 0 aliphatic heterocycles. The van der Waals surface area contributed by atoms with E-state index in [2.05, 4.69) is 11.2 Å². The summed E-state index contributed by atoms with van der Waals surface area (Å²) in [5.41, 5.74) is -0.917. The first-order valence-corrected chi connectivity index (χ1v) is 11.1. The van der Waals surface area contributed by atoms with Gasteiger partial charge in [-0.25, -0.2) is 12.8 Å². The van der Waals surface area contributed by atoms with Gasteiger partial charge in [-0.3, -0.25) is 9.52 Å². The van der Waals surface area contributed by atoms with Crippen LogP contribution < -0.4 is 10.0 Å². The first-order valence-electron chi connectivity index (χ1n) is 9.20. The molecule has 1 heterocycles. The lowest BCUT2D eigenvalue weighted by molar-refractivity contribution is -0.137. The molecule has 3 rings (SSSR count). The van der Waals surface area contributed by atoms with Crippen LogP contribution in [0, 0.1) is 18.2 Å². The van der Waals surface area contributed by atoms with Gasteiger partial charge < -0.3 is 9.73 Å². The molecule has 11 heteroatoms. The zero-order valence-corrected chi connectivity index (χ0v) is 17.8. The van der Waals surface area contributed by atoms with E-state index >= 15 is 0 Å². The number of carbonyl (C=O) groups excluding carboxylic acids is 1. The Morgan fingerprint density at radius 1 is 1.15 bits per heavy atom. The van der Waals surface area contributed by atoms with Crippen molar-refractivity contribution in [1.82, 2.24) is 5.32 Å². The Kier molecular flexibility index (Phi) is 6.51. The van der Waals surface area contributed by atoms with Crippen LogP contribution in [0.1, 0.15) is 27.2 Å². The molecule has 0 aliphatic carbocycles. The SMILES string of the molecule is C#Cc1cc(CNC(=O)c2ccc(-c3cccc(C(F)(F)F)c3)o2)cc(F)c1NS(C)(=O)=O. The molecule has 6 nitrogen and oxygen atoms in total. The highest BCUT2D eigenvalue weighted by Gasteiger charge is 2.30. The lowest BCUT2D eigenvalue weighted by Crippen LogP contribution is -2.22. The topological polar surface area (TPSA) is 88.4 Å². The highest BCUT2D eigenvalue weighted by molar-refractivity contribution is 7.92. The first-order chi connectivity index (χ1) is 15.4. The van der Waals surface area contributed by atoms with Gasteiger partial charge in [-0.2, -0.15) is 13.2 Å². The van der Waals surface area contributed by atoms with E-state index in [4.69, 9.17) is 10.8 Å². The van der Waals surface area contributed by atoms with Gasteiger partial charge in [-0.15, -0.1) is 6.42 Å². The average molecular weight is 480 g/mol. The van der Waals surface area contributed by atoms with Crippen LogP contribution in [0.15, 0.2) is 52.9 Å². The molecule has 2 N–H and O–H groups in total. The van der Waals surface area contributed by atoms with Gasteiger partial charge >= 0.3 is 6.18 Å². The smallest absolute Gasteiger partial charge is 0.416 e. The van der Waals surface area contributed by atoms with Gasteiger partial charge in [0.2, 0.25) is 10.0 Å². The summed E-state index contributed by atoms with van der Waals surface area (Å²) in [5, 5.41) is 2.48. The summed E-state index contributed by atoms with van der Waals surface area (Å²) in [6, 6.07) is 9.42. The van der Waals surface area contributed by atoms with Crippen molar-refractivity contribution >= 4 is 21.6 Å². The van der Waals surface area contributed by atoms with Crippen molar-refractivity contribution in [2.24, 2.45) is 0 Å². The number of hydrogen-bond donors (Lipinski definition) is 2. The molecule has 1 aromatic heterocycles. The van der Waals surface area contributed by atoms with E-state index in [1.165, 1.54) is 30.3 Å². The van der Waals surface area contributed by atoms with E-state index in [-0.39, 0.29) is 40.4 Å². The summed E-state index contributed by atoms with van der Waals surface area (Å²) in [7, 11) is -3.77. The highest BCUT2D eigenvalue weighted by Crippen LogP contribution is 2.32. The molecule has 0 saturated heterocycles. The molecule has 0 radical (unpaired) electrons. The lowest BCUT2D eigenvalue weighted by atomic mass is 10.1. The van der Waals surface area contributed by atoms with Crippen molar-refractivity contribution in [2.45, 2.75) is 12.7 Å².